The van der Waals surface area contributed by atoms with Crippen molar-refractivity contribution in [3.63, 3.8) is 0 Å². The zero-order valence-electron chi connectivity index (χ0n) is 14.2. The number of ether oxygens (including phenoxy) is 1. The summed E-state index contributed by atoms with van der Waals surface area (Å²) in [4.78, 5) is 21.7. The Morgan fingerprint density at radius 1 is 1.43 bits per heavy atom. The maximum atomic E-state index is 13.1. The molecule has 6 heteroatoms. The third-order valence-corrected chi connectivity index (χ3v) is 4.51. The number of carbonyl (C=O) groups is 1. The summed E-state index contributed by atoms with van der Waals surface area (Å²) in [7, 11) is 2.10. The van der Waals surface area contributed by atoms with Crippen molar-refractivity contribution in [2.24, 2.45) is 0 Å². The lowest BCUT2D eigenvalue weighted by atomic mass is 9.98. The molecule has 2 atom stereocenters. The summed E-state index contributed by atoms with van der Waals surface area (Å²) in [6.07, 6.45) is 2.86. The first-order chi connectivity index (χ1) is 11.1. The van der Waals surface area contributed by atoms with Gasteiger partial charge in [-0.05, 0) is 39.4 Å². The molecule has 3 rings (SSSR count). The Morgan fingerprint density at radius 2 is 2.26 bits per heavy atom. The lowest BCUT2D eigenvalue weighted by molar-refractivity contribution is -0.0869. The van der Waals surface area contributed by atoms with Crippen LogP contribution in [0.2, 0.25) is 0 Å². The summed E-state index contributed by atoms with van der Waals surface area (Å²) in [6.45, 7) is 7.24. The Bertz CT molecular complexity index is 563. The Morgan fingerprint density at radius 3 is 3.04 bits per heavy atom. The molecule has 1 aromatic heterocycles. The normalized spacial score (nSPS) is 25.3. The number of anilines is 1. The number of morpholine rings is 1. The number of hydrogen-bond donors (Lipinski definition) is 1. The van der Waals surface area contributed by atoms with Crippen LogP contribution in [0.25, 0.3) is 0 Å². The topological polar surface area (TPSA) is 57.7 Å². The summed E-state index contributed by atoms with van der Waals surface area (Å²) >= 11 is 0. The number of fused-ring (bicyclic) bond motifs is 1. The molecule has 0 radical (unpaired) electrons. The second-order valence-corrected chi connectivity index (χ2v) is 6.72. The summed E-state index contributed by atoms with van der Waals surface area (Å²) in [5.74, 6) is 0.717. The first-order valence-electron chi connectivity index (χ1n) is 8.39. The number of nitrogens with zero attached hydrogens (tertiary/aromatic N) is 3. The van der Waals surface area contributed by atoms with Gasteiger partial charge >= 0.3 is 0 Å². The predicted octanol–water partition coefficient (Wildman–Crippen LogP) is 1.45. The van der Waals surface area contributed by atoms with Gasteiger partial charge in [0.05, 0.1) is 24.3 Å². The van der Waals surface area contributed by atoms with E-state index in [1.54, 1.807) is 6.20 Å². The quantitative estimate of drug-likeness (QED) is 0.914. The van der Waals surface area contributed by atoms with Crippen LogP contribution >= 0.6 is 0 Å². The largest absolute Gasteiger partial charge is 0.374 e. The molecular weight excluding hydrogens is 292 g/mol. The van der Waals surface area contributed by atoms with Crippen molar-refractivity contribution in [2.75, 3.05) is 38.6 Å². The van der Waals surface area contributed by atoms with Crippen molar-refractivity contribution in [1.29, 1.82) is 0 Å². The summed E-state index contributed by atoms with van der Waals surface area (Å²) in [6, 6.07) is 4.04. The molecule has 126 valence electrons. The van der Waals surface area contributed by atoms with E-state index in [2.05, 4.69) is 22.2 Å². The standard InChI is InChI=1S/C17H26N4O2/c1-12(2)19-16-13(5-4-7-18-16)17(22)21-9-10-23-15-6-8-20(3)11-14(15)21/h4-5,7,12,14-15H,6,8-11H2,1-3H3,(H,18,19)/t14-,15+/m0/s1. The van der Waals surface area contributed by atoms with E-state index in [-0.39, 0.29) is 24.1 Å². The van der Waals surface area contributed by atoms with E-state index in [0.717, 1.165) is 19.5 Å². The van der Waals surface area contributed by atoms with Gasteiger partial charge in [0.15, 0.2) is 0 Å². The first kappa shape index (κ1) is 16.2. The number of amides is 1. The summed E-state index contributed by atoms with van der Waals surface area (Å²) in [5, 5.41) is 3.27. The van der Waals surface area contributed by atoms with Crippen molar-refractivity contribution < 1.29 is 9.53 Å². The molecule has 0 aromatic carbocycles. The molecule has 0 aliphatic carbocycles. The van der Waals surface area contributed by atoms with E-state index in [9.17, 15) is 4.79 Å². The number of nitrogens with one attached hydrogen (secondary N) is 1. The minimum Gasteiger partial charge on any atom is -0.374 e. The zero-order chi connectivity index (χ0) is 16.4. The van der Waals surface area contributed by atoms with Crippen molar-refractivity contribution in [3.8, 4) is 0 Å². The number of hydrogen-bond acceptors (Lipinski definition) is 5. The first-order valence-corrected chi connectivity index (χ1v) is 8.39. The highest BCUT2D eigenvalue weighted by molar-refractivity contribution is 5.99. The van der Waals surface area contributed by atoms with E-state index in [1.165, 1.54) is 0 Å². The number of likely N-dealkylation sites (N-methyl/N-ethyl adjacent to an activating group) is 1. The average molecular weight is 318 g/mol. The Labute approximate surface area is 137 Å². The molecule has 0 bridgehead atoms. The molecule has 2 aliphatic heterocycles. The number of aromatic nitrogens is 1. The maximum Gasteiger partial charge on any atom is 0.258 e. The Balaban J connectivity index is 1.84. The number of carbonyl (C=O) groups excluding carboxylic acids is 1. The SMILES string of the molecule is CC(C)Nc1ncccc1C(=O)N1CCO[C@@H]2CCN(C)C[C@@H]21. The van der Waals surface area contributed by atoms with Gasteiger partial charge in [-0.15, -0.1) is 0 Å². The molecule has 6 nitrogen and oxygen atoms in total. The van der Waals surface area contributed by atoms with Gasteiger partial charge in [-0.1, -0.05) is 0 Å². The molecule has 23 heavy (non-hydrogen) atoms. The molecule has 2 saturated heterocycles. The Hall–Kier alpha value is -1.66. The van der Waals surface area contributed by atoms with Gasteiger partial charge in [0.2, 0.25) is 0 Å². The lowest BCUT2D eigenvalue weighted by Crippen LogP contribution is -2.60. The molecule has 1 amide bonds. The van der Waals surface area contributed by atoms with Crippen LogP contribution in [0.1, 0.15) is 30.6 Å². The van der Waals surface area contributed by atoms with E-state index in [1.807, 2.05) is 30.9 Å². The van der Waals surface area contributed by atoms with Crippen LogP contribution in [0.5, 0.6) is 0 Å². The molecule has 1 aromatic rings. The minimum absolute atomic E-state index is 0.0508. The Kier molecular flexibility index (Phi) is 4.82. The summed E-state index contributed by atoms with van der Waals surface area (Å²) < 4.78 is 5.89. The minimum atomic E-state index is 0.0508. The van der Waals surface area contributed by atoms with Gasteiger partial charge < -0.3 is 19.9 Å². The van der Waals surface area contributed by atoms with Crippen LogP contribution in [0.3, 0.4) is 0 Å². The van der Waals surface area contributed by atoms with Gasteiger partial charge in [0, 0.05) is 31.9 Å². The van der Waals surface area contributed by atoms with Crippen molar-refractivity contribution in [2.45, 2.75) is 38.5 Å². The van der Waals surface area contributed by atoms with Crippen LogP contribution in [0, 0.1) is 0 Å². The zero-order valence-corrected chi connectivity index (χ0v) is 14.2. The van der Waals surface area contributed by atoms with Gasteiger partial charge in [-0.2, -0.15) is 0 Å². The second-order valence-electron chi connectivity index (χ2n) is 6.72. The van der Waals surface area contributed by atoms with Crippen LogP contribution in [0.4, 0.5) is 5.82 Å². The maximum absolute atomic E-state index is 13.1. The highest BCUT2D eigenvalue weighted by atomic mass is 16.5. The molecule has 1 N–H and O–H groups in total. The smallest absolute Gasteiger partial charge is 0.258 e. The van der Waals surface area contributed by atoms with Gasteiger partial charge in [0.25, 0.3) is 5.91 Å². The summed E-state index contributed by atoms with van der Waals surface area (Å²) in [5.41, 5.74) is 0.648. The average Bonchev–Trinajstić information content (AvgIpc) is 2.53. The molecule has 0 spiro atoms. The van der Waals surface area contributed by atoms with E-state index >= 15 is 0 Å². The van der Waals surface area contributed by atoms with E-state index in [0.29, 0.717) is 24.5 Å². The van der Waals surface area contributed by atoms with Gasteiger partial charge in [-0.3, -0.25) is 4.79 Å². The fourth-order valence-electron chi connectivity index (χ4n) is 3.40. The molecule has 2 aliphatic rings. The molecule has 0 unspecified atom stereocenters. The fraction of sp³-hybridized carbons (Fsp3) is 0.647. The second kappa shape index (κ2) is 6.84. The van der Waals surface area contributed by atoms with Crippen molar-refractivity contribution >= 4 is 11.7 Å². The van der Waals surface area contributed by atoms with Gasteiger partial charge in [0.1, 0.15) is 5.82 Å². The van der Waals surface area contributed by atoms with Gasteiger partial charge in [-0.25, -0.2) is 4.98 Å². The third kappa shape index (κ3) is 3.48. The van der Waals surface area contributed by atoms with Crippen LogP contribution in [-0.4, -0.2) is 72.2 Å². The van der Waals surface area contributed by atoms with Crippen molar-refractivity contribution in [3.05, 3.63) is 23.9 Å². The predicted molar refractivity (Wildman–Crippen MR) is 89.7 cm³/mol. The number of piperidine rings is 1. The van der Waals surface area contributed by atoms with Crippen LogP contribution < -0.4 is 5.32 Å². The van der Waals surface area contributed by atoms with E-state index in [4.69, 9.17) is 4.74 Å². The fourth-order valence-corrected chi connectivity index (χ4v) is 3.40. The number of likely N-dealkylation sites (tertiary alicyclic amines) is 1. The lowest BCUT2D eigenvalue weighted by Gasteiger charge is -2.46. The third-order valence-electron chi connectivity index (χ3n) is 4.51. The van der Waals surface area contributed by atoms with Crippen LogP contribution in [0.15, 0.2) is 18.3 Å². The highest BCUT2D eigenvalue weighted by Gasteiger charge is 2.39. The molecular formula is C17H26N4O2. The number of pyridine rings is 1. The molecule has 0 saturated carbocycles. The monoisotopic (exact) mass is 318 g/mol. The molecule has 2 fully saturated rings. The van der Waals surface area contributed by atoms with Crippen LogP contribution in [-0.2, 0) is 4.74 Å². The molecule has 3 heterocycles. The highest BCUT2D eigenvalue weighted by Crippen LogP contribution is 2.25. The van der Waals surface area contributed by atoms with E-state index < -0.39 is 0 Å². The number of rotatable bonds is 3. The van der Waals surface area contributed by atoms with Crippen molar-refractivity contribution in [1.82, 2.24) is 14.8 Å².